The Morgan fingerprint density at radius 2 is 1.79 bits per heavy atom. The van der Waals surface area contributed by atoms with Gasteiger partial charge in [-0.1, -0.05) is 41.4 Å². The lowest BCUT2D eigenvalue weighted by Gasteiger charge is -2.35. The maximum Gasteiger partial charge on any atom is 0.126 e. The molecule has 0 spiro atoms. The van der Waals surface area contributed by atoms with Crippen molar-refractivity contribution in [3.05, 3.63) is 64.1 Å². The number of hydrogen-bond donors (Lipinski definition) is 2. The van der Waals surface area contributed by atoms with Crippen LogP contribution in [-0.4, -0.2) is 23.4 Å². The van der Waals surface area contributed by atoms with E-state index in [4.69, 9.17) is 27.9 Å². The van der Waals surface area contributed by atoms with Crippen molar-refractivity contribution in [2.75, 3.05) is 0 Å². The van der Waals surface area contributed by atoms with Gasteiger partial charge in [-0.2, -0.15) is 0 Å². The molecule has 1 aliphatic carbocycles. The van der Waals surface area contributed by atoms with Crippen molar-refractivity contribution < 1.29 is 9.84 Å². The number of hydrogen-bond acceptors (Lipinski definition) is 3. The summed E-state index contributed by atoms with van der Waals surface area (Å²) in [6.45, 7) is 0.634. The quantitative estimate of drug-likeness (QED) is 0.822. The lowest BCUT2D eigenvalue weighted by atomic mass is 9.89. The molecular formula is C19H21Cl2NO2. The summed E-state index contributed by atoms with van der Waals surface area (Å²) in [6.07, 6.45) is 2.00. The third-order valence-corrected chi connectivity index (χ3v) is 5.03. The first-order chi connectivity index (χ1) is 11.6. The molecule has 1 fully saturated rings. The Morgan fingerprint density at radius 3 is 2.54 bits per heavy atom. The Kier molecular flexibility index (Phi) is 6.01. The Morgan fingerprint density at radius 1 is 1.04 bits per heavy atom. The fraction of sp³-hybridized carbons (Fsp3) is 0.368. The second kappa shape index (κ2) is 8.21. The molecule has 0 saturated heterocycles. The van der Waals surface area contributed by atoms with E-state index in [0.717, 1.165) is 35.6 Å². The van der Waals surface area contributed by atoms with Gasteiger partial charge in [-0.25, -0.2) is 0 Å². The monoisotopic (exact) mass is 365 g/mol. The van der Waals surface area contributed by atoms with Crippen molar-refractivity contribution in [1.29, 1.82) is 0 Å². The van der Waals surface area contributed by atoms with Gasteiger partial charge in [0.25, 0.3) is 0 Å². The maximum absolute atomic E-state index is 10.6. The van der Waals surface area contributed by atoms with Crippen LogP contribution in [0.2, 0.25) is 10.0 Å². The molecule has 0 radical (unpaired) electrons. The summed E-state index contributed by atoms with van der Waals surface area (Å²) in [4.78, 5) is 0. The van der Waals surface area contributed by atoms with Crippen LogP contribution >= 0.6 is 23.2 Å². The van der Waals surface area contributed by atoms with Crippen LogP contribution in [0, 0.1) is 0 Å². The highest BCUT2D eigenvalue weighted by atomic mass is 35.5. The summed E-state index contributed by atoms with van der Waals surface area (Å²) >= 11 is 12.1. The Balaban J connectivity index is 1.59. The summed E-state index contributed by atoms with van der Waals surface area (Å²) in [7, 11) is 0. The number of aliphatic hydroxyl groups is 1. The van der Waals surface area contributed by atoms with E-state index in [1.807, 2.05) is 36.4 Å². The van der Waals surface area contributed by atoms with Crippen molar-refractivity contribution in [2.45, 2.75) is 44.1 Å². The summed E-state index contributed by atoms with van der Waals surface area (Å²) in [6, 6.07) is 15.0. The molecule has 0 amide bonds. The van der Waals surface area contributed by atoms with Gasteiger partial charge in [-0.05, 0) is 55.2 Å². The van der Waals surface area contributed by atoms with E-state index in [-0.39, 0.29) is 12.1 Å². The van der Waals surface area contributed by atoms with Gasteiger partial charge in [0.15, 0.2) is 0 Å². The molecule has 3 nitrogen and oxygen atoms in total. The molecule has 2 aromatic rings. The van der Waals surface area contributed by atoms with Gasteiger partial charge in [-0.3, -0.25) is 0 Å². The molecule has 128 valence electrons. The Hall–Kier alpha value is -1.26. The first-order valence-electron chi connectivity index (χ1n) is 8.20. The molecule has 3 rings (SSSR count). The summed E-state index contributed by atoms with van der Waals surface area (Å²) in [5.74, 6) is 0.732. The van der Waals surface area contributed by atoms with E-state index in [1.165, 1.54) is 0 Å². The zero-order chi connectivity index (χ0) is 16.9. The Labute approximate surface area is 152 Å². The molecule has 24 heavy (non-hydrogen) atoms. The molecule has 0 aliphatic heterocycles. The smallest absolute Gasteiger partial charge is 0.126 e. The number of halogens is 2. The van der Waals surface area contributed by atoms with E-state index in [1.54, 1.807) is 12.1 Å². The lowest BCUT2D eigenvalue weighted by Crippen LogP contribution is -2.50. The van der Waals surface area contributed by atoms with E-state index in [0.29, 0.717) is 11.6 Å². The molecule has 2 aromatic carbocycles. The first-order valence-corrected chi connectivity index (χ1v) is 8.96. The normalized spacial score (nSPS) is 23.9. The number of rotatable bonds is 5. The molecule has 0 heterocycles. The zero-order valence-electron chi connectivity index (χ0n) is 13.3. The highest BCUT2D eigenvalue weighted by molar-refractivity contribution is 6.31. The molecule has 1 aliphatic rings. The minimum atomic E-state index is -0.558. The predicted molar refractivity (Wildman–Crippen MR) is 97.8 cm³/mol. The zero-order valence-corrected chi connectivity index (χ0v) is 14.8. The van der Waals surface area contributed by atoms with Crippen LogP contribution in [0.4, 0.5) is 0 Å². The van der Waals surface area contributed by atoms with Crippen LogP contribution in [0.3, 0.4) is 0 Å². The molecular weight excluding hydrogens is 345 g/mol. The fourth-order valence-electron chi connectivity index (χ4n) is 3.06. The maximum atomic E-state index is 10.6. The largest absolute Gasteiger partial charge is 0.488 e. The minimum Gasteiger partial charge on any atom is -0.488 e. The van der Waals surface area contributed by atoms with Crippen LogP contribution in [0.25, 0.3) is 0 Å². The molecule has 0 unspecified atom stereocenters. The molecule has 2 N–H and O–H groups in total. The molecule has 5 heteroatoms. The topological polar surface area (TPSA) is 41.5 Å². The average molecular weight is 366 g/mol. The number of benzene rings is 2. The van der Waals surface area contributed by atoms with Crippen LogP contribution in [0.1, 0.15) is 24.8 Å². The molecule has 3 atom stereocenters. The lowest BCUT2D eigenvalue weighted by molar-refractivity contribution is -0.0157. The second-order valence-corrected chi connectivity index (χ2v) is 6.95. The third kappa shape index (κ3) is 4.42. The van der Waals surface area contributed by atoms with Gasteiger partial charge >= 0.3 is 0 Å². The third-order valence-electron chi connectivity index (χ3n) is 4.41. The van der Waals surface area contributed by atoms with Gasteiger partial charge in [0, 0.05) is 22.6 Å². The van der Waals surface area contributed by atoms with Gasteiger partial charge in [0.05, 0.1) is 0 Å². The number of nitrogens with one attached hydrogen (secondary N) is 1. The van der Waals surface area contributed by atoms with Crippen LogP contribution in [0.5, 0.6) is 5.75 Å². The van der Waals surface area contributed by atoms with E-state index in [2.05, 4.69) is 5.32 Å². The van der Waals surface area contributed by atoms with E-state index in [9.17, 15) is 5.11 Å². The fourth-order valence-corrected chi connectivity index (χ4v) is 3.39. The van der Waals surface area contributed by atoms with Gasteiger partial charge < -0.3 is 15.2 Å². The van der Waals surface area contributed by atoms with Gasteiger partial charge in [-0.15, -0.1) is 0 Å². The predicted octanol–water partition coefficient (Wildman–Crippen LogP) is 4.44. The van der Waals surface area contributed by atoms with Crippen molar-refractivity contribution in [3.8, 4) is 5.75 Å². The highest BCUT2D eigenvalue weighted by Gasteiger charge is 2.33. The number of aliphatic hydroxyl groups excluding tert-OH is 1. The van der Waals surface area contributed by atoms with E-state index < -0.39 is 6.10 Å². The average Bonchev–Trinajstić information content (AvgIpc) is 2.59. The van der Waals surface area contributed by atoms with Crippen molar-refractivity contribution in [2.24, 2.45) is 0 Å². The van der Waals surface area contributed by atoms with Crippen molar-refractivity contribution in [3.63, 3.8) is 0 Å². The van der Waals surface area contributed by atoms with Gasteiger partial charge in [0.2, 0.25) is 0 Å². The standard InChI is InChI=1S/C19H21Cl2NO2/c20-14-8-10-15(11-9-14)24-18-7-3-6-17(19(18)23)22-12-13-4-1-2-5-16(13)21/h1-2,4-5,8-11,17-19,22-23H,3,6-7,12H2/t17-,18+,19+/m0/s1. The summed E-state index contributed by atoms with van der Waals surface area (Å²) < 4.78 is 5.95. The molecule has 0 aromatic heterocycles. The van der Waals surface area contributed by atoms with Crippen LogP contribution in [0.15, 0.2) is 48.5 Å². The van der Waals surface area contributed by atoms with Crippen LogP contribution < -0.4 is 10.1 Å². The minimum absolute atomic E-state index is 0.00711. The van der Waals surface area contributed by atoms with Crippen molar-refractivity contribution >= 4 is 23.2 Å². The van der Waals surface area contributed by atoms with Crippen LogP contribution in [-0.2, 0) is 6.54 Å². The Bertz CT molecular complexity index is 663. The molecule has 0 bridgehead atoms. The highest BCUT2D eigenvalue weighted by Crippen LogP contribution is 2.26. The number of ether oxygens (including phenoxy) is 1. The van der Waals surface area contributed by atoms with E-state index >= 15 is 0 Å². The SMILES string of the molecule is O[C@@H]1[C@@H](NCc2ccccc2Cl)CCC[C@H]1Oc1ccc(Cl)cc1. The van der Waals surface area contributed by atoms with Gasteiger partial charge in [0.1, 0.15) is 18.0 Å². The summed E-state index contributed by atoms with van der Waals surface area (Å²) in [5.41, 5.74) is 1.03. The molecule has 1 saturated carbocycles. The first kappa shape index (κ1) is 17.6. The summed E-state index contributed by atoms with van der Waals surface area (Å²) in [5, 5.41) is 15.5. The second-order valence-electron chi connectivity index (χ2n) is 6.11. The van der Waals surface area contributed by atoms with Crippen molar-refractivity contribution in [1.82, 2.24) is 5.32 Å².